The van der Waals surface area contributed by atoms with E-state index in [9.17, 15) is 9.18 Å². The van der Waals surface area contributed by atoms with Gasteiger partial charge in [-0.3, -0.25) is 4.79 Å². The molecule has 2 aromatic carbocycles. The lowest BCUT2D eigenvalue weighted by molar-refractivity contribution is 0.0721. The van der Waals surface area contributed by atoms with E-state index in [1.807, 2.05) is 23.6 Å². The van der Waals surface area contributed by atoms with Crippen LogP contribution in [0, 0.1) is 5.82 Å². The summed E-state index contributed by atoms with van der Waals surface area (Å²) < 4.78 is 18.4. The second-order valence-electron chi connectivity index (χ2n) is 4.93. The van der Waals surface area contributed by atoms with E-state index in [0.717, 1.165) is 16.3 Å². The van der Waals surface area contributed by atoms with Gasteiger partial charge >= 0.3 is 0 Å². The molecule has 0 bridgehead atoms. The van der Waals surface area contributed by atoms with Crippen LogP contribution in [0.2, 0.25) is 0 Å². The standard InChI is InChI=1S/C18H14FNO2S/c19-15-8-6-14(7-9-15)18-20-16(12-23-18)10-22-11-17(21)13-4-2-1-3-5-13/h1-9,12H,10-11H2. The predicted molar refractivity (Wildman–Crippen MR) is 87.9 cm³/mol. The summed E-state index contributed by atoms with van der Waals surface area (Å²) in [4.78, 5) is 16.4. The van der Waals surface area contributed by atoms with Gasteiger partial charge in [-0.2, -0.15) is 0 Å². The lowest BCUT2D eigenvalue weighted by atomic mass is 10.1. The zero-order chi connectivity index (χ0) is 16.1. The molecule has 3 rings (SSSR count). The smallest absolute Gasteiger partial charge is 0.188 e. The molecule has 23 heavy (non-hydrogen) atoms. The van der Waals surface area contributed by atoms with Gasteiger partial charge in [0, 0.05) is 16.5 Å². The predicted octanol–water partition coefficient (Wildman–Crippen LogP) is 4.35. The van der Waals surface area contributed by atoms with Crippen molar-refractivity contribution < 1.29 is 13.9 Å². The normalized spacial score (nSPS) is 10.7. The van der Waals surface area contributed by atoms with Gasteiger partial charge in [0.15, 0.2) is 5.78 Å². The van der Waals surface area contributed by atoms with Gasteiger partial charge in [0.05, 0.1) is 12.3 Å². The van der Waals surface area contributed by atoms with Gasteiger partial charge < -0.3 is 4.74 Å². The quantitative estimate of drug-likeness (QED) is 0.632. The third-order valence-electron chi connectivity index (χ3n) is 3.22. The van der Waals surface area contributed by atoms with E-state index < -0.39 is 0 Å². The Kier molecular flexibility index (Phi) is 4.90. The van der Waals surface area contributed by atoms with Crippen LogP contribution < -0.4 is 0 Å². The fourth-order valence-corrected chi connectivity index (χ4v) is 2.86. The van der Waals surface area contributed by atoms with Gasteiger partial charge in [-0.1, -0.05) is 30.3 Å². The molecular weight excluding hydrogens is 313 g/mol. The van der Waals surface area contributed by atoms with Crippen LogP contribution in [0.5, 0.6) is 0 Å². The first-order valence-corrected chi connectivity index (χ1v) is 7.96. The first kappa shape index (κ1) is 15.5. The van der Waals surface area contributed by atoms with E-state index in [-0.39, 0.29) is 24.8 Å². The van der Waals surface area contributed by atoms with Crippen molar-refractivity contribution in [2.75, 3.05) is 6.61 Å². The van der Waals surface area contributed by atoms with Crippen LogP contribution in [-0.2, 0) is 11.3 Å². The first-order valence-electron chi connectivity index (χ1n) is 7.09. The average molecular weight is 327 g/mol. The summed E-state index contributed by atoms with van der Waals surface area (Å²) in [5.74, 6) is -0.326. The molecule has 0 spiro atoms. The van der Waals surface area contributed by atoms with Crippen molar-refractivity contribution in [3.8, 4) is 10.6 Å². The highest BCUT2D eigenvalue weighted by atomic mass is 32.1. The molecule has 1 heterocycles. The van der Waals surface area contributed by atoms with Crippen molar-refractivity contribution in [2.24, 2.45) is 0 Å². The number of aromatic nitrogens is 1. The summed E-state index contributed by atoms with van der Waals surface area (Å²) in [5.41, 5.74) is 2.26. The van der Waals surface area contributed by atoms with Crippen LogP contribution >= 0.6 is 11.3 Å². The molecular formula is C18H14FNO2S. The minimum absolute atomic E-state index is 0.0213. The van der Waals surface area contributed by atoms with Crippen molar-refractivity contribution in [1.29, 1.82) is 0 Å². The molecule has 0 amide bonds. The third kappa shape index (κ3) is 4.09. The largest absolute Gasteiger partial charge is 0.367 e. The highest BCUT2D eigenvalue weighted by molar-refractivity contribution is 7.13. The number of hydrogen-bond acceptors (Lipinski definition) is 4. The minimum Gasteiger partial charge on any atom is -0.367 e. The summed E-state index contributed by atoms with van der Waals surface area (Å²) in [5, 5.41) is 2.68. The maximum atomic E-state index is 12.9. The van der Waals surface area contributed by atoms with E-state index in [4.69, 9.17) is 4.74 Å². The fraction of sp³-hybridized carbons (Fsp3) is 0.111. The summed E-state index contributed by atoms with van der Waals surface area (Å²) >= 11 is 1.47. The van der Waals surface area contributed by atoms with Crippen molar-refractivity contribution in [3.63, 3.8) is 0 Å². The average Bonchev–Trinajstić information content (AvgIpc) is 3.05. The topological polar surface area (TPSA) is 39.2 Å². The van der Waals surface area contributed by atoms with Crippen molar-refractivity contribution >= 4 is 17.1 Å². The number of nitrogens with zero attached hydrogens (tertiary/aromatic N) is 1. The Morgan fingerprint density at radius 3 is 2.57 bits per heavy atom. The van der Waals surface area contributed by atoms with Crippen LogP contribution in [-0.4, -0.2) is 17.4 Å². The van der Waals surface area contributed by atoms with E-state index in [1.165, 1.54) is 23.5 Å². The fourth-order valence-electron chi connectivity index (χ4n) is 2.05. The van der Waals surface area contributed by atoms with E-state index in [0.29, 0.717) is 5.56 Å². The molecule has 0 aliphatic carbocycles. The van der Waals surface area contributed by atoms with Gasteiger partial charge in [0.1, 0.15) is 17.4 Å². The highest BCUT2D eigenvalue weighted by Crippen LogP contribution is 2.24. The summed E-state index contributed by atoms with van der Waals surface area (Å²) in [7, 11) is 0. The SMILES string of the molecule is O=C(COCc1csc(-c2ccc(F)cc2)n1)c1ccccc1. The van der Waals surface area contributed by atoms with Crippen LogP contribution in [0.15, 0.2) is 60.0 Å². The molecule has 0 aliphatic heterocycles. The number of hydrogen-bond donors (Lipinski definition) is 0. The number of carbonyl (C=O) groups excluding carboxylic acids is 1. The third-order valence-corrected chi connectivity index (χ3v) is 4.16. The maximum absolute atomic E-state index is 12.9. The maximum Gasteiger partial charge on any atom is 0.188 e. The number of rotatable bonds is 6. The Balaban J connectivity index is 1.55. The lowest BCUT2D eigenvalue weighted by Gasteiger charge is -2.02. The molecule has 3 nitrogen and oxygen atoms in total. The summed E-state index contributed by atoms with van der Waals surface area (Å²) in [6, 6.07) is 15.2. The Morgan fingerprint density at radius 2 is 1.83 bits per heavy atom. The molecule has 5 heteroatoms. The zero-order valence-corrected chi connectivity index (χ0v) is 13.1. The molecule has 116 valence electrons. The molecule has 0 saturated carbocycles. The second-order valence-corrected chi connectivity index (χ2v) is 5.79. The molecule has 0 fully saturated rings. The van der Waals surface area contributed by atoms with Crippen LogP contribution in [0.4, 0.5) is 4.39 Å². The molecule has 0 N–H and O–H groups in total. The molecule has 0 aliphatic rings. The molecule has 0 atom stereocenters. The molecule has 0 unspecified atom stereocenters. The molecule has 1 aromatic heterocycles. The van der Waals surface area contributed by atoms with E-state index >= 15 is 0 Å². The number of ether oxygens (including phenoxy) is 1. The Hall–Kier alpha value is -2.37. The summed E-state index contributed by atoms with van der Waals surface area (Å²) in [6.45, 7) is 0.295. The van der Waals surface area contributed by atoms with E-state index in [1.54, 1.807) is 24.3 Å². The Labute approximate surface area is 137 Å². The number of thiazole rings is 1. The van der Waals surface area contributed by atoms with E-state index in [2.05, 4.69) is 4.98 Å². The van der Waals surface area contributed by atoms with Crippen LogP contribution in [0.1, 0.15) is 16.1 Å². The van der Waals surface area contributed by atoms with Crippen molar-refractivity contribution in [1.82, 2.24) is 4.98 Å². The molecule has 3 aromatic rings. The van der Waals surface area contributed by atoms with Crippen molar-refractivity contribution in [2.45, 2.75) is 6.61 Å². The Bertz CT molecular complexity index is 784. The number of carbonyl (C=O) groups is 1. The minimum atomic E-state index is -0.270. The number of Topliss-reactive ketones (excluding diaryl/α,β-unsaturated/α-hetero) is 1. The van der Waals surface area contributed by atoms with Gasteiger partial charge in [-0.05, 0) is 24.3 Å². The highest BCUT2D eigenvalue weighted by Gasteiger charge is 2.08. The number of benzene rings is 2. The number of halogens is 1. The number of ketones is 1. The van der Waals surface area contributed by atoms with Crippen LogP contribution in [0.3, 0.4) is 0 Å². The Morgan fingerprint density at radius 1 is 1.09 bits per heavy atom. The van der Waals surface area contributed by atoms with Gasteiger partial charge in [0.25, 0.3) is 0 Å². The van der Waals surface area contributed by atoms with Crippen molar-refractivity contribution in [3.05, 3.63) is 77.1 Å². The molecule has 0 radical (unpaired) electrons. The zero-order valence-electron chi connectivity index (χ0n) is 12.2. The van der Waals surface area contributed by atoms with Gasteiger partial charge in [-0.25, -0.2) is 9.37 Å². The van der Waals surface area contributed by atoms with Gasteiger partial charge in [-0.15, -0.1) is 11.3 Å². The lowest BCUT2D eigenvalue weighted by Crippen LogP contribution is -2.08. The first-order chi connectivity index (χ1) is 11.2. The molecule has 0 saturated heterocycles. The van der Waals surface area contributed by atoms with Gasteiger partial charge in [0.2, 0.25) is 0 Å². The summed E-state index contributed by atoms with van der Waals surface area (Å²) in [6.07, 6.45) is 0. The van der Waals surface area contributed by atoms with Crippen LogP contribution in [0.25, 0.3) is 10.6 Å². The second kappa shape index (κ2) is 7.26. The monoisotopic (exact) mass is 327 g/mol.